The van der Waals surface area contributed by atoms with E-state index in [2.05, 4.69) is 17.1 Å². The minimum Gasteiger partial charge on any atom is -0.314 e. The summed E-state index contributed by atoms with van der Waals surface area (Å²) in [6, 6.07) is 1.71. The Labute approximate surface area is 101 Å². The molecule has 2 fully saturated rings. The van der Waals surface area contributed by atoms with Crippen molar-refractivity contribution >= 4 is 0 Å². The molecule has 94 valence electrons. The van der Waals surface area contributed by atoms with Crippen LogP contribution in [0.25, 0.3) is 0 Å². The van der Waals surface area contributed by atoms with Crippen LogP contribution in [0.1, 0.15) is 58.3 Å². The first-order valence-electron chi connectivity index (χ1n) is 7.37. The molecule has 1 N–H and O–H groups in total. The van der Waals surface area contributed by atoms with Gasteiger partial charge < -0.3 is 10.2 Å². The topological polar surface area (TPSA) is 15.3 Å². The fourth-order valence-corrected chi connectivity index (χ4v) is 3.28. The number of hydrogen-bond acceptors (Lipinski definition) is 2. The predicted molar refractivity (Wildman–Crippen MR) is 69.8 cm³/mol. The molecule has 0 aromatic rings. The zero-order chi connectivity index (χ0) is 11.2. The number of likely N-dealkylation sites (tertiary alicyclic amines) is 1. The summed E-state index contributed by atoms with van der Waals surface area (Å²) in [6.07, 6.45) is 11.3. The highest BCUT2D eigenvalue weighted by atomic mass is 15.2. The summed E-state index contributed by atoms with van der Waals surface area (Å²) < 4.78 is 0. The highest BCUT2D eigenvalue weighted by molar-refractivity contribution is 4.87. The molecule has 2 heteroatoms. The Morgan fingerprint density at radius 2 is 1.81 bits per heavy atom. The molecule has 16 heavy (non-hydrogen) atoms. The highest BCUT2D eigenvalue weighted by Gasteiger charge is 2.28. The Hall–Kier alpha value is -0.0800. The van der Waals surface area contributed by atoms with Gasteiger partial charge in [-0.3, -0.25) is 0 Å². The van der Waals surface area contributed by atoms with E-state index in [1.54, 1.807) is 0 Å². The molecule has 0 bridgehead atoms. The van der Waals surface area contributed by atoms with Gasteiger partial charge in [0.2, 0.25) is 0 Å². The summed E-state index contributed by atoms with van der Waals surface area (Å²) in [7, 11) is 0. The molecule has 0 spiro atoms. The summed E-state index contributed by atoms with van der Waals surface area (Å²) >= 11 is 0. The molecular formula is C14H28N2. The number of rotatable bonds is 4. The predicted octanol–water partition coefficient (Wildman–Crippen LogP) is 2.78. The average molecular weight is 224 g/mol. The quantitative estimate of drug-likeness (QED) is 0.790. The Morgan fingerprint density at radius 1 is 1.06 bits per heavy atom. The van der Waals surface area contributed by atoms with Gasteiger partial charge in [0, 0.05) is 12.1 Å². The molecule has 1 aliphatic carbocycles. The van der Waals surface area contributed by atoms with Crippen molar-refractivity contribution in [2.75, 3.05) is 19.6 Å². The van der Waals surface area contributed by atoms with E-state index in [0.29, 0.717) is 0 Å². The van der Waals surface area contributed by atoms with Gasteiger partial charge >= 0.3 is 0 Å². The molecule has 1 saturated carbocycles. The molecule has 2 atom stereocenters. The van der Waals surface area contributed by atoms with E-state index in [1.165, 1.54) is 71.0 Å². The summed E-state index contributed by atoms with van der Waals surface area (Å²) in [5, 5.41) is 3.69. The van der Waals surface area contributed by atoms with E-state index >= 15 is 0 Å². The first-order chi connectivity index (χ1) is 7.90. The van der Waals surface area contributed by atoms with Gasteiger partial charge in [0.1, 0.15) is 0 Å². The monoisotopic (exact) mass is 224 g/mol. The van der Waals surface area contributed by atoms with E-state index in [0.717, 1.165) is 12.1 Å². The Bertz CT molecular complexity index is 185. The van der Waals surface area contributed by atoms with Crippen LogP contribution >= 0.6 is 0 Å². The van der Waals surface area contributed by atoms with Crippen LogP contribution in [0.2, 0.25) is 0 Å². The maximum atomic E-state index is 3.69. The maximum Gasteiger partial charge on any atom is 0.0111 e. The van der Waals surface area contributed by atoms with Crippen molar-refractivity contribution in [3.05, 3.63) is 0 Å². The molecule has 2 rings (SSSR count). The third-order valence-corrected chi connectivity index (χ3v) is 4.25. The number of nitrogens with one attached hydrogen (secondary N) is 1. The maximum absolute atomic E-state index is 3.69. The van der Waals surface area contributed by atoms with Crippen molar-refractivity contribution in [1.82, 2.24) is 10.2 Å². The van der Waals surface area contributed by atoms with Crippen molar-refractivity contribution in [3.63, 3.8) is 0 Å². The summed E-state index contributed by atoms with van der Waals surface area (Å²) in [4.78, 5) is 2.78. The van der Waals surface area contributed by atoms with Crippen LogP contribution in [0, 0.1) is 0 Å². The zero-order valence-corrected chi connectivity index (χ0v) is 10.9. The number of nitrogens with zero attached hydrogens (tertiary/aromatic N) is 1. The van der Waals surface area contributed by atoms with Crippen LogP contribution in [-0.4, -0.2) is 36.6 Å². The summed E-state index contributed by atoms with van der Waals surface area (Å²) in [6.45, 7) is 6.20. The van der Waals surface area contributed by atoms with Gasteiger partial charge in [0.05, 0.1) is 0 Å². The van der Waals surface area contributed by atoms with Gasteiger partial charge in [-0.2, -0.15) is 0 Å². The van der Waals surface area contributed by atoms with Crippen molar-refractivity contribution in [1.29, 1.82) is 0 Å². The number of hydrogen-bond donors (Lipinski definition) is 1. The Morgan fingerprint density at radius 3 is 2.50 bits per heavy atom. The Kier molecular flexibility index (Phi) is 5.11. The fraction of sp³-hybridized carbons (Fsp3) is 1.00. The second-order valence-electron chi connectivity index (χ2n) is 5.57. The van der Waals surface area contributed by atoms with Gasteiger partial charge in [0.25, 0.3) is 0 Å². The first kappa shape index (κ1) is 12.4. The van der Waals surface area contributed by atoms with Crippen molar-refractivity contribution in [2.45, 2.75) is 70.4 Å². The third-order valence-electron chi connectivity index (χ3n) is 4.25. The zero-order valence-electron chi connectivity index (χ0n) is 10.9. The van der Waals surface area contributed by atoms with Gasteiger partial charge in [-0.05, 0) is 58.2 Å². The molecule has 0 aromatic heterocycles. The minimum atomic E-state index is 0.813. The standard InChI is InChI=1S/C14H28N2/c1-2-9-15-13-7-8-14(12-13)16-10-5-3-4-6-11-16/h13-15H,2-12H2,1H3. The third kappa shape index (κ3) is 3.46. The van der Waals surface area contributed by atoms with Crippen LogP contribution in [0.15, 0.2) is 0 Å². The van der Waals surface area contributed by atoms with Crippen LogP contribution < -0.4 is 5.32 Å². The van der Waals surface area contributed by atoms with Crippen LogP contribution in [-0.2, 0) is 0 Å². The van der Waals surface area contributed by atoms with Gasteiger partial charge in [-0.25, -0.2) is 0 Å². The molecule has 2 aliphatic rings. The molecular weight excluding hydrogens is 196 g/mol. The lowest BCUT2D eigenvalue weighted by Gasteiger charge is -2.27. The Balaban J connectivity index is 1.73. The molecule has 0 amide bonds. The summed E-state index contributed by atoms with van der Waals surface area (Å²) in [5.41, 5.74) is 0. The lowest BCUT2D eigenvalue weighted by Crippen LogP contribution is -2.36. The molecule has 0 radical (unpaired) electrons. The smallest absolute Gasteiger partial charge is 0.0111 e. The fourth-order valence-electron chi connectivity index (χ4n) is 3.28. The second kappa shape index (κ2) is 6.61. The van der Waals surface area contributed by atoms with Gasteiger partial charge in [-0.15, -0.1) is 0 Å². The van der Waals surface area contributed by atoms with Gasteiger partial charge in [-0.1, -0.05) is 19.8 Å². The SMILES string of the molecule is CCCNC1CCC(N2CCCCCC2)C1. The molecule has 2 nitrogen and oxygen atoms in total. The minimum absolute atomic E-state index is 0.813. The summed E-state index contributed by atoms with van der Waals surface area (Å²) in [5.74, 6) is 0. The van der Waals surface area contributed by atoms with Crippen LogP contribution in [0.5, 0.6) is 0 Å². The van der Waals surface area contributed by atoms with Gasteiger partial charge in [0.15, 0.2) is 0 Å². The molecule has 1 aliphatic heterocycles. The second-order valence-corrected chi connectivity index (χ2v) is 5.57. The van der Waals surface area contributed by atoms with Crippen molar-refractivity contribution in [3.8, 4) is 0 Å². The molecule has 0 aromatic carbocycles. The van der Waals surface area contributed by atoms with E-state index in [-0.39, 0.29) is 0 Å². The van der Waals surface area contributed by atoms with Crippen molar-refractivity contribution in [2.24, 2.45) is 0 Å². The average Bonchev–Trinajstić information content (AvgIpc) is 2.60. The molecule has 1 saturated heterocycles. The molecule has 2 unspecified atom stereocenters. The lowest BCUT2D eigenvalue weighted by atomic mass is 10.2. The highest BCUT2D eigenvalue weighted by Crippen LogP contribution is 2.26. The first-order valence-corrected chi connectivity index (χ1v) is 7.37. The van der Waals surface area contributed by atoms with Crippen LogP contribution in [0.3, 0.4) is 0 Å². The molecule has 1 heterocycles. The van der Waals surface area contributed by atoms with Crippen molar-refractivity contribution < 1.29 is 0 Å². The largest absolute Gasteiger partial charge is 0.314 e. The van der Waals surface area contributed by atoms with E-state index in [9.17, 15) is 0 Å². The van der Waals surface area contributed by atoms with E-state index < -0.39 is 0 Å². The van der Waals surface area contributed by atoms with E-state index in [1.807, 2.05) is 0 Å². The van der Waals surface area contributed by atoms with Crippen LogP contribution in [0.4, 0.5) is 0 Å². The van der Waals surface area contributed by atoms with E-state index in [4.69, 9.17) is 0 Å². The normalized spacial score (nSPS) is 32.8. The lowest BCUT2D eigenvalue weighted by molar-refractivity contribution is 0.203.